The summed E-state index contributed by atoms with van der Waals surface area (Å²) in [4.78, 5) is 4.71. The Hall–Kier alpha value is -0.580. The molecule has 0 spiro atoms. The fourth-order valence-corrected chi connectivity index (χ4v) is 3.23. The summed E-state index contributed by atoms with van der Waals surface area (Å²) in [5.74, 6) is 0.919. The molecule has 102 valence electrons. The van der Waals surface area contributed by atoms with Gasteiger partial charge in [-0.1, -0.05) is 15.9 Å². The van der Waals surface area contributed by atoms with Crippen LogP contribution in [0.3, 0.4) is 0 Å². The number of ether oxygens (including phenoxy) is 1. The molecule has 1 aliphatic heterocycles. The first kappa shape index (κ1) is 13.4. The largest absolute Gasteiger partial charge is 0.379 e. The van der Waals surface area contributed by atoms with Gasteiger partial charge in [-0.25, -0.2) is 4.98 Å². The molecule has 0 aliphatic carbocycles. The normalized spacial score (nSPS) is 25.1. The first-order valence-corrected chi connectivity index (χ1v) is 7.64. The summed E-state index contributed by atoms with van der Waals surface area (Å²) in [7, 11) is 0. The molecule has 1 aliphatic rings. The Kier molecular flexibility index (Phi) is 3.36. The van der Waals surface area contributed by atoms with E-state index in [0.717, 1.165) is 34.4 Å². The van der Waals surface area contributed by atoms with E-state index >= 15 is 0 Å². The number of aromatic nitrogens is 2. The average molecular weight is 344 g/mol. The smallest absolute Gasteiger partial charge is 0.128 e. The lowest BCUT2D eigenvalue weighted by Gasteiger charge is -2.27. The third kappa shape index (κ3) is 2.20. The zero-order valence-corrected chi connectivity index (χ0v) is 13.3. The number of nitrogens with zero attached hydrogens (tertiary/aromatic N) is 2. The molecule has 2 atom stereocenters. The van der Waals surface area contributed by atoms with Crippen molar-refractivity contribution in [2.24, 2.45) is 0 Å². The van der Waals surface area contributed by atoms with Crippen molar-refractivity contribution < 1.29 is 4.74 Å². The highest BCUT2D eigenvalue weighted by Crippen LogP contribution is 2.36. The number of fused-ring (bicyclic) bond motifs is 1. The fraction of sp³-hybridized carbons (Fsp3) is 0.500. The summed E-state index contributed by atoms with van der Waals surface area (Å²) in [5.41, 5.74) is 2.05. The Bertz CT molecular complexity index is 617. The zero-order chi connectivity index (χ0) is 13.6. The van der Waals surface area contributed by atoms with Crippen LogP contribution in [-0.2, 0) is 10.3 Å². The van der Waals surface area contributed by atoms with E-state index < -0.39 is 0 Å². The van der Waals surface area contributed by atoms with Crippen molar-refractivity contribution in [3.05, 3.63) is 28.5 Å². The van der Waals surface area contributed by atoms with Gasteiger partial charge in [0.1, 0.15) is 5.82 Å². The fourth-order valence-electron chi connectivity index (χ4n) is 2.74. The lowest BCUT2D eigenvalue weighted by atomic mass is 10.0. The van der Waals surface area contributed by atoms with Gasteiger partial charge in [-0.2, -0.15) is 0 Å². The highest BCUT2D eigenvalue weighted by molar-refractivity contribution is 9.10. The second-order valence-corrected chi connectivity index (χ2v) is 6.92. The molecule has 0 saturated carbocycles. The minimum absolute atomic E-state index is 0.0545. The molecule has 0 amide bonds. The number of rotatable bonds is 2. The van der Waals surface area contributed by atoms with Crippen molar-refractivity contribution in [2.45, 2.75) is 31.2 Å². The van der Waals surface area contributed by atoms with E-state index in [2.05, 4.69) is 33.5 Å². The van der Waals surface area contributed by atoms with Gasteiger partial charge in [0.15, 0.2) is 0 Å². The quantitative estimate of drug-likeness (QED) is 0.763. The topological polar surface area (TPSA) is 27.1 Å². The lowest BCUT2D eigenvalue weighted by molar-refractivity contribution is 0.162. The summed E-state index contributed by atoms with van der Waals surface area (Å²) in [6, 6.07) is 6.18. The summed E-state index contributed by atoms with van der Waals surface area (Å²) >= 11 is 9.82. The number of hydrogen-bond donors (Lipinski definition) is 0. The number of imidazole rings is 1. The molecule has 1 saturated heterocycles. The molecule has 0 radical (unpaired) electrons. The van der Waals surface area contributed by atoms with Crippen molar-refractivity contribution in [1.29, 1.82) is 0 Å². The van der Waals surface area contributed by atoms with Gasteiger partial charge in [0.05, 0.1) is 28.6 Å². The second kappa shape index (κ2) is 4.76. The van der Waals surface area contributed by atoms with E-state index in [0.29, 0.717) is 6.61 Å². The summed E-state index contributed by atoms with van der Waals surface area (Å²) < 4.78 is 8.89. The third-order valence-corrected chi connectivity index (χ3v) is 4.42. The maximum absolute atomic E-state index is 6.32. The van der Waals surface area contributed by atoms with Crippen molar-refractivity contribution in [2.75, 3.05) is 13.2 Å². The number of halogens is 2. The summed E-state index contributed by atoms with van der Waals surface area (Å²) in [5, 5.41) is -0.122. The SMILES string of the molecule is CC(Cl)c1nc2cc(Br)ccc2n1C1(C)CCOC1. The third-order valence-electron chi connectivity index (χ3n) is 3.74. The molecule has 2 unspecified atom stereocenters. The van der Waals surface area contributed by atoms with E-state index in [9.17, 15) is 0 Å². The van der Waals surface area contributed by atoms with Crippen LogP contribution in [0.25, 0.3) is 11.0 Å². The van der Waals surface area contributed by atoms with Crippen molar-refractivity contribution in [1.82, 2.24) is 9.55 Å². The zero-order valence-electron chi connectivity index (χ0n) is 11.0. The van der Waals surface area contributed by atoms with Crippen LogP contribution >= 0.6 is 27.5 Å². The van der Waals surface area contributed by atoms with E-state index in [4.69, 9.17) is 21.3 Å². The molecule has 2 aromatic rings. The van der Waals surface area contributed by atoms with Gasteiger partial charge in [-0.3, -0.25) is 0 Å². The van der Waals surface area contributed by atoms with E-state index in [1.165, 1.54) is 0 Å². The maximum Gasteiger partial charge on any atom is 0.128 e. The van der Waals surface area contributed by atoms with Gasteiger partial charge < -0.3 is 9.30 Å². The molecule has 1 fully saturated rings. The van der Waals surface area contributed by atoms with Gasteiger partial charge >= 0.3 is 0 Å². The van der Waals surface area contributed by atoms with E-state index in [1.54, 1.807) is 0 Å². The Morgan fingerprint density at radius 1 is 1.53 bits per heavy atom. The first-order chi connectivity index (χ1) is 9.01. The Balaban J connectivity index is 2.28. The van der Waals surface area contributed by atoms with E-state index in [-0.39, 0.29) is 10.9 Å². The average Bonchev–Trinajstić information content (AvgIpc) is 2.93. The highest BCUT2D eigenvalue weighted by atomic mass is 79.9. The first-order valence-electron chi connectivity index (χ1n) is 6.41. The van der Waals surface area contributed by atoms with Crippen LogP contribution < -0.4 is 0 Å². The maximum atomic E-state index is 6.32. The van der Waals surface area contributed by atoms with Gasteiger partial charge in [0.2, 0.25) is 0 Å². The molecule has 19 heavy (non-hydrogen) atoms. The molecule has 3 nitrogen and oxygen atoms in total. The predicted molar refractivity (Wildman–Crippen MR) is 80.8 cm³/mol. The minimum atomic E-state index is -0.122. The highest BCUT2D eigenvalue weighted by Gasteiger charge is 2.35. The Morgan fingerprint density at radius 3 is 2.95 bits per heavy atom. The van der Waals surface area contributed by atoms with Gasteiger partial charge in [0, 0.05) is 11.1 Å². The van der Waals surface area contributed by atoms with Crippen LogP contribution in [0.4, 0.5) is 0 Å². The summed E-state index contributed by atoms with van der Waals surface area (Å²) in [6.07, 6.45) is 0.991. The molecule has 0 N–H and O–H groups in total. The Morgan fingerprint density at radius 2 is 2.32 bits per heavy atom. The second-order valence-electron chi connectivity index (χ2n) is 5.35. The van der Waals surface area contributed by atoms with E-state index in [1.807, 2.05) is 19.1 Å². The van der Waals surface area contributed by atoms with Gasteiger partial charge in [0.25, 0.3) is 0 Å². The van der Waals surface area contributed by atoms with Crippen LogP contribution in [-0.4, -0.2) is 22.8 Å². The predicted octanol–water partition coefficient (Wildman–Crippen LogP) is 4.23. The molecule has 1 aromatic carbocycles. The molecule has 1 aromatic heterocycles. The minimum Gasteiger partial charge on any atom is -0.379 e. The van der Waals surface area contributed by atoms with Gasteiger partial charge in [-0.15, -0.1) is 11.6 Å². The van der Waals surface area contributed by atoms with Crippen LogP contribution in [0.5, 0.6) is 0 Å². The molecule has 2 heterocycles. The molecule has 5 heteroatoms. The summed E-state index contributed by atoms with van der Waals surface area (Å²) in [6.45, 7) is 5.69. The molecular formula is C14H16BrClN2O. The van der Waals surface area contributed by atoms with Crippen LogP contribution in [0.15, 0.2) is 22.7 Å². The molecular weight excluding hydrogens is 328 g/mol. The van der Waals surface area contributed by atoms with Crippen molar-refractivity contribution in [3.8, 4) is 0 Å². The van der Waals surface area contributed by atoms with Crippen molar-refractivity contribution >= 4 is 38.6 Å². The molecule has 0 bridgehead atoms. The Labute approximate surface area is 126 Å². The standard InChI is InChI=1S/C14H16BrClN2O/c1-9(16)13-17-11-7-10(15)3-4-12(11)18(13)14(2)5-6-19-8-14/h3-4,7,9H,5-6,8H2,1-2H3. The molecule has 3 rings (SSSR count). The van der Waals surface area contributed by atoms with Crippen molar-refractivity contribution in [3.63, 3.8) is 0 Å². The monoisotopic (exact) mass is 342 g/mol. The van der Waals surface area contributed by atoms with Crippen LogP contribution in [0.2, 0.25) is 0 Å². The number of benzene rings is 1. The number of alkyl halides is 1. The number of hydrogen-bond acceptors (Lipinski definition) is 2. The lowest BCUT2D eigenvalue weighted by Crippen LogP contribution is -2.32. The van der Waals surface area contributed by atoms with Crippen LogP contribution in [0, 0.1) is 0 Å². The van der Waals surface area contributed by atoms with Crippen LogP contribution in [0.1, 0.15) is 31.5 Å². The van der Waals surface area contributed by atoms with Gasteiger partial charge in [-0.05, 0) is 38.5 Å².